The number of hydrogen-bond acceptors (Lipinski definition) is 5. The number of ether oxygens (including phenoxy) is 1. The van der Waals surface area contributed by atoms with Gasteiger partial charge in [0.1, 0.15) is 22.9 Å². The number of H-pyrrole nitrogens is 1. The second-order valence-corrected chi connectivity index (χ2v) is 9.73. The number of carbonyl (C=O) groups excluding carboxylic acids is 1. The fourth-order valence-electron chi connectivity index (χ4n) is 3.88. The molecule has 38 heavy (non-hydrogen) atoms. The summed E-state index contributed by atoms with van der Waals surface area (Å²) in [4.78, 5) is 31.5. The van der Waals surface area contributed by atoms with E-state index in [0.29, 0.717) is 22.7 Å². The maximum absolute atomic E-state index is 14.9. The number of amides is 2. The van der Waals surface area contributed by atoms with Crippen molar-refractivity contribution in [2.75, 3.05) is 10.6 Å². The minimum Gasteiger partial charge on any atom is -0.455 e. The Hall–Kier alpha value is -4.93. The van der Waals surface area contributed by atoms with Crippen LogP contribution in [-0.2, 0) is 12.5 Å². The van der Waals surface area contributed by atoms with E-state index in [1.807, 2.05) is 51.1 Å². The van der Waals surface area contributed by atoms with E-state index in [1.165, 1.54) is 22.9 Å². The lowest BCUT2D eigenvalue weighted by Gasteiger charge is -2.14. The molecule has 0 fully saturated rings. The molecule has 3 N–H and O–H groups in total. The molecular weight excluding hydrogens is 489 g/mol. The van der Waals surface area contributed by atoms with Gasteiger partial charge in [-0.2, -0.15) is 5.10 Å². The molecule has 11 heteroatoms. The number of benzene rings is 2. The van der Waals surface area contributed by atoms with E-state index in [-0.39, 0.29) is 22.5 Å². The highest BCUT2D eigenvalue weighted by Gasteiger charge is 2.22. The van der Waals surface area contributed by atoms with Gasteiger partial charge in [-0.3, -0.25) is 14.9 Å². The van der Waals surface area contributed by atoms with Gasteiger partial charge in [-0.25, -0.2) is 23.6 Å². The molecule has 0 aliphatic heterocycles. The van der Waals surface area contributed by atoms with E-state index in [0.717, 1.165) is 17.4 Å². The number of aryl methyl sites for hydroxylation is 1. The monoisotopic (exact) mass is 515 g/mol. The lowest BCUT2D eigenvalue weighted by molar-refractivity contribution is 0.262. The van der Waals surface area contributed by atoms with E-state index in [1.54, 1.807) is 23.9 Å². The molecule has 194 valence electrons. The van der Waals surface area contributed by atoms with Crippen molar-refractivity contribution in [2.45, 2.75) is 26.2 Å². The molecule has 3 aromatic heterocycles. The molecule has 0 bridgehead atoms. The molecule has 3 heterocycles. The van der Waals surface area contributed by atoms with Crippen molar-refractivity contribution in [3.63, 3.8) is 0 Å². The van der Waals surface area contributed by atoms with Crippen LogP contribution in [0.3, 0.4) is 0 Å². The topological polar surface area (TPSA) is 119 Å². The molecular formula is C27H26FN7O3. The number of anilines is 2. The number of urea groups is 1. The van der Waals surface area contributed by atoms with Crippen LogP contribution >= 0.6 is 0 Å². The van der Waals surface area contributed by atoms with Crippen molar-refractivity contribution >= 4 is 28.7 Å². The summed E-state index contributed by atoms with van der Waals surface area (Å²) >= 11 is 0. The molecule has 10 nitrogen and oxygen atoms in total. The van der Waals surface area contributed by atoms with E-state index in [9.17, 15) is 14.0 Å². The van der Waals surface area contributed by atoms with E-state index < -0.39 is 11.8 Å². The van der Waals surface area contributed by atoms with Crippen LogP contribution in [0, 0.1) is 5.82 Å². The standard InChI is InChI=1S/C27H26FN7O3/c1-27(2,3)21-15-22(35(33-21)16-8-6-5-7-9-16)31-25(36)30-19-11-10-17(14-18(19)28)38-20-12-13-29-24-23(20)34(4)26(37)32-24/h5-15H,1-4H3,(H,29,32,37)(H2,30,31,36). The Kier molecular flexibility index (Phi) is 6.19. The molecule has 0 aliphatic rings. The lowest BCUT2D eigenvalue weighted by Crippen LogP contribution is -2.21. The van der Waals surface area contributed by atoms with Gasteiger partial charge in [-0.1, -0.05) is 39.0 Å². The van der Waals surface area contributed by atoms with Crippen molar-refractivity contribution in [3.8, 4) is 17.2 Å². The third-order valence-corrected chi connectivity index (χ3v) is 5.89. The first-order valence-electron chi connectivity index (χ1n) is 11.9. The molecule has 0 spiro atoms. The van der Waals surface area contributed by atoms with Crippen LogP contribution < -0.4 is 21.1 Å². The number of para-hydroxylation sites is 1. The highest BCUT2D eigenvalue weighted by molar-refractivity contribution is 5.99. The quantitative estimate of drug-likeness (QED) is 0.293. The first-order valence-corrected chi connectivity index (χ1v) is 11.9. The lowest BCUT2D eigenvalue weighted by atomic mass is 9.92. The van der Waals surface area contributed by atoms with Crippen LogP contribution in [0.4, 0.5) is 20.7 Å². The summed E-state index contributed by atoms with van der Waals surface area (Å²) in [6.07, 6.45) is 1.48. The zero-order chi connectivity index (χ0) is 27.0. The number of nitrogens with zero attached hydrogens (tertiary/aromatic N) is 4. The number of hydrogen-bond donors (Lipinski definition) is 3. The molecule has 0 aliphatic carbocycles. The van der Waals surface area contributed by atoms with E-state index >= 15 is 0 Å². The number of imidazole rings is 1. The van der Waals surface area contributed by atoms with Crippen LogP contribution in [0.1, 0.15) is 26.5 Å². The van der Waals surface area contributed by atoms with Crippen LogP contribution in [-0.4, -0.2) is 30.3 Å². The first kappa shape index (κ1) is 24.8. The first-order chi connectivity index (χ1) is 18.1. The normalized spacial score (nSPS) is 11.5. The number of halogens is 1. The van der Waals surface area contributed by atoms with Gasteiger partial charge in [-0.15, -0.1) is 0 Å². The molecule has 0 saturated carbocycles. The Bertz CT molecular complexity index is 1700. The minimum absolute atomic E-state index is 0.0365. The number of aromatic amines is 1. The van der Waals surface area contributed by atoms with Gasteiger partial charge in [0, 0.05) is 36.9 Å². The molecule has 0 atom stereocenters. The maximum Gasteiger partial charge on any atom is 0.327 e. The number of carbonyl (C=O) groups is 1. The van der Waals surface area contributed by atoms with Crippen molar-refractivity contribution in [2.24, 2.45) is 7.05 Å². The Morgan fingerprint density at radius 1 is 1.05 bits per heavy atom. The summed E-state index contributed by atoms with van der Waals surface area (Å²) in [5, 5.41) is 9.97. The van der Waals surface area contributed by atoms with Gasteiger partial charge in [-0.05, 0) is 24.3 Å². The van der Waals surface area contributed by atoms with Crippen LogP contribution in [0.2, 0.25) is 0 Å². The van der Waals surface area contributed by atoms with Crippen molar-refractivity contribution in [1.82, 2.24) is 24.3 Å². The number of nitrogens with one attached hydrogen (secondary N) is 3. The minimum atomic E-state index is -0.696. The number of aromatic nitrogens is 5. The van der Waals surface area contributed by atoms with Gasteiger partial charge in [0.15, 0.2) is 11.4 Å². The summed E-state index contributed by atoms with van der Waals surface area (Å²) in [6.45, 7) is 6.08. The Morgan fingerprint density at radius 3 is 2.53 bits per heavy atom. The summed E-state index contributed by atoms with van der Waals surface area (Å²) in [5.41, 5.74) is 1.74. The van der Waals surface area contributed by atoms with Crippen molar-refractivity contribution in [1.29, 1.82) is 0 Å². The maximum atomic E-state index is 14.9. The summed E-state index contributed by atoms with van der Waals surface area (Å²) < 4.78 is 23.8. The van der Waals surface area contributed by atoms with Gasteiger partial charge in [0.2, 0.25) is 0 Å². The van der Waals surface area contributed by atoms with Gasteiger partial charge >= 0.3 is 11.7 Å². The number of pyridine rings is 1. The van der Waals surface area contributed by atoms with Crippen LogP contribution in [0.5, 0.6) is 11.5 Å². The third kappa shape index (κ3) is 4.85. The molecule has 5 rings (SSSR count). The van der Waals surface area contributed by atoms with Gasteiger partial charge in [0.05, 0.1) is 17.1 Å². The SMILES string of the molecule is Cn1c(=O)[nH]c2nccc(Oc3ccc(NC(=O)Nc4cc(C(C)(C)C)nn4-c4ccccc4)c(F)c3)c21. The molecule has 5 aromatic rings. The number of rotatable bonds is 5. The van der Waals surface area contributed by atoms with E-state index in [2.05, 4.69) is 25.7 Å². The second kappa shape index (κ2) is 9.51. The Balaban J connectivity index is 1.35. The van der Waals surface area contributed by atoms with E-state index in [4.69, 9.17) is 4.74 Å². The fourth-order valence-corrected chi connectivity index (χ4v) is 3.88. The zero-order valence-electron chi connectivity index (χ0n) is 21.2. The average molecular weight is 516 g/mol. The average Bonchev–Trinajstić information content (AvgIpc) is 3.42. The Morgan fingerprint density at radius 2 is 1.82 bits per heavy atom. The highest BCUT2D eigenvalue weighted by Crippen LogP contribution is 2.30. The highest BCUT2D eigenvalue weighted by atomic mass is 19.1. The van der Waals surface area contributed by atoms with Crippen molar-refractivity contribution in [3.05, 3.63) is 88.9 Å². The van der Waals surface area contributed by atoms with Crippen LogP contribution in [0.15, 0.2) is 71.7 Å². The summed E-state index contributed by atoms with van der Waals surface area (Å²) in [7, 11) is 1.58. The zero-order valence-corrected chi connectivity index (χ0v) is 21.2. The summed E-state index contributed by atoms with van der Waals surface area (Å²) in [6, 6.07) is 16.2. The Labute approximate surface area is 217 Å². The fraction of sp³-hybridized carbons (Fsp3) is 0.185. The molecule has 2 aromatic carbocycles. The largest absolute Gasteiger partial charge is 0.455 e. The number of fused-ring (bicyclic) bond motifs is 1. The predicted octanol–water partition coefficient (Wildman–Crippen LogP) is 5.32. The predicted molar refractivity (Wildman–Crippen MR) is 143 cm³/mol. The van der Waals surface area contributed by atoms with Gasteiger partial charge in [0.25, 0.3) is 0 Å². The molecule has 0 radical (unpaired) electrons. The van der Waals surface area contributed by atoms with Crippen LogP contribution in [0.25, 0.3) is 16.9 Å². The van der Waals surface area contributed by atoms with Crippen molar-refractivity contribution < 1.29 is 13.9 Å². The molecule has 0 unspecified atom stereocenters. The smallest absolute Gasteiger partial charge is 0.327 e. The molecule has 0 saturated heterocycles. The third-order valence-electron chi connectivity index (χ3n) is 5.89. The van der Waals surface area contributed by atoms with Gasteiger partial charge < -0.3 is 10.1 Å². The molecule has 2 amide bonds. The second-order valence-electron chi connectivity index (χ2n) is 9.73. The summed E-state index contributed by atoms with van der Waals surface area (Å²) in [5.74, 6) is 0.264.